The molecule has 0 fully saturated rings. The van der Waals surface area contributed by atoms with Crippen LogP contribution in [0.2, 0.25) is 0 Å². The molecule has 0 atom stereocenters. The lowest BCUT2D eigenvalue weighted by molar-refractivity contribution is -0.144. The Morgan fingerprint density at radius 1 is 1.08 bits per heavy atom. The third-order valence-electron chi connectivity index (χ3n) is 3.78. The van der Waals surface area contributed by atoms with E-state index < -0.39 is 0 Å². The van der Waals surface area contributed by atoms with Crippen LogP contribution in [0.15, 0.2) is 66.0 Å². The monoisotopic (exact) mass is 355 g/mol. The summed E-state index contributed by atoms with van der Waals surface area (Å²) in [7, 11) is 0. The SMILES string of the molecule is Cc1csc(=S)n1OC(=O)CC(c1ccccc1)c1ccccc1. The van der Waals surface area contributed by atoms with E-state index in [9.17, 15) is 4.79 Å². The zero-order chi connectivity index (χ0) is 16.9. The van der Waals surface area contributed by atoms with Gasteiger partial charge in [0.25, 0.3) is 0 Å². The second-order valence-electron chi connectivity index (χ2n) is 5.48. The smallest absolute Gasteiger partial charge is 0.333 e. The molecule has 0 N–H and O–H groups in total. The standard InChI is InChI=1S/C19H17NO2S2/c1-14-13-24-19(23)20(14)22-18(21)12-17(15-8-4-2-5-9-15)16-10-6-3-7-11-16/h2-11,13,17H,12H2,1H3. The summed E-state index contributed by atoms with van der Waals surface area (Å²) in [5, 5.41) is 1.88. The number of aryl methyl sites for hydroxylation is 1. The van der Waals surface area contributed by atoms with Gasteiger partial charge in [0.15, 0.2) is 3.95 Å². The fourth-order valence-electron chi connectivity index (χ4n) is 2.59. The Labute approximate surface area is 150 Å². The van der Waals surface area contributed by atoms with Gasteiger partial charge < -0.3 is 4.84 Å². The predicted molar refractivity (Wildman–Crippen MR) is 98.8 cm³/mol. The van der Waals surface area contributed by atoms with Gasteiger partial charge in [-0.05, 0) is 30.3 Å². The summed E-state index contributed by atoms with van der Waals surface area (Å²) in [5.74, 6) is -0.349. The Hall–Kier alpha value is -2.24. The second-order valence-corrected chi connectivity index (χ2v) is 6.98. The maximum absolute atomic E-state index is 12.5. The van der Waals surface area contributed by atoms with E-state index in [-0.39, 0.29) is 18.3 Å². The van der Waals surface area contributed by atoms with E-state index >= 15 is 0 Å². The number of carbonyl (C=O) groups is 1. The van der Waals surface area contributed by atoms with E-state index in [1.54, 1.807) is 0 Å². The number of rotatable bonds is 5. The fourth-order valence-corrected chi connectivity index (χ4v) is 3.56. The maximum atomic E-state index is 12.5. The van der Waals surface area contributed by atoms with Crippen LogP contribution in [0.1, 0.15) is 29.2 Å². The van der Waals surface area contributed by atoms with Crippen molar-refractivity contribution in [2.75, 3.05) is 0 Å². The van der Waals surface area contributed by atoms with Crippen molar-refractivity contribution in [3.8, 4) is 0 Å². The third-order valence-corrected chi connectivity index (χ3v) is 5.07. The van der Waals surface area contributed by atoms with Crippen LogP contribution in [-0.4, -0.2) is 10.7 Å². The van der Waals surface area contributed by atoms with Crippen molar-refractivity contribution in [1.82, 2.24) is 4.73 Å². The molecule has 3 nitrogen and oxygen atoms in total. The van der Waals surface area contributed by atoms with Gasteiger partial charge in [0.05, 0.1) is 12.1 Å². The van der Waals surface area contributed by atoms with E-state index in [0.29, 0.717) is 3.95 Å². The van der Waals surface area contributed by atoms with E-state index in [1.807, 2.05) is 73.0 Å². The number of hydrogen-bond acceptors (Lipinski definition) is 4. The lowest BCUT2D eigenvalue weighted by Crippen LogP contribution is -2.23. The second kappa shape index (κ2) is 7.55. The number of thiazole rings is 1. The van der Waals surface area contributed by atoms with Gasteiger partial charge in [-0.1, -0.05) is 60.7 Å². The molecule has 1 aromatic heterocycles. The summed E-state index contributed by atoms with van der Waals surface area (Å²) in [6, 6.07) is 20.0. The molecule has 122 valence electrons. The van der Waals surface area contributed by atoms with Gasteiger partial charge in [0.1, 0.15) is 0 Å². The molecule has 0 aliphatic carbocycles. The first kappa shape index (κ1) is 16.6. The van der Waals surface area contributed by atoms with E-state index in [0.717, 1.165) is 16.8 Å². The average Bonchev–Trinajstić information content (AvgIpc) is 2.93. The van der Waals surface area contributed by atoms with Crippen LogP contribution >= 0.6 is 23.6 Å². The Morgan fingerprint density at radius 2 is 1.62 bits per heavy atom. The number of benzene rings is 2. The van der Waals surface area contributed by atoms with E-state index in [2.05, 4.69) is 0 Å². The molecule has 0 saturated carbocycles. The van der Waals surface area contributed by atoms with Crippen LogP contribution in [-0.2, 0) is 4.79 Å². The Bertz CT molecular complexity index is 830. The minimum Gasteiger partial charge on any atom is -0.335 e. The molecular formula is C19H17NO2S2. The minimum absolute atomic E-state index is 0.0481. The molecule has 0 bridgehead atoms. The third kappa shape index (κ3) is 3.80. The zero-order valence-electron chi connectivity index (χ0n) is 13.2. The fraction of sp³-hybridized carbons (Fsp3) is 0.158. The molecule has 3 rings (SSSR count). The molecule has 2 aromatic carbocycles. The molecule has 24 heavy (non-hydrogen) atoms. The van der Waals surface area contributed by atoms with E-state index in [4.69, 9.17) is 17.1 Å². The van der Waals surface area contributed by atoms with Crippen LogP contribution in [0.25, 0.3) is 0 Å². The van der Waals surface area contributed by atoms with Crippen LogP contribution in [0.4, 0.5) is 0 Å². The lowest BCUT2D eigenvalue weighted by Gasteiger charge is -2.17. The summed E-state index contributed by atoms with van der Waals surface area (Å²) < 4.78 is 1.96. The van der Waals surface area contributed by atoms with Crippen molar-refractivity contribution < 1.29 is 9.63 Å². The highest BCUT2D eigenvalue weighted by atomic mass is 32.1. The molecule has 0 unspecified atom stereocenters. The summed E-state index contributed by atoms with van der Waals surface area (Å²) in [6.45, 7) is 1.87. The van der Waals surface area contributed by atoms with Gasteiger partial charge in [0, 0.05) is 11.3 Å². The topological polar surface area (TPSA) is 31.2 Å². The van der Waals surface area contributed by atoms with Gasteiger partial charge in [0.2, 0.25) is 0 Å². The first-order valence-electron chi connectivity index (χ1n) is 7.63. The number of carbonyl (C=O) groups excluding carboxylic acids is 1. The van der Waals surface area contributed by atoms with Crippen molar-refractivity contribution in [2.45, 2.75) is 19.3 Å². The zero-order valence-corrected chi connectivity index (χ0v) is 14.8. The molecule has 3 aromatic rings. The molecule has 5 heteroatoms. The average molecular weight is 355 g/mol. The number of nitrogens with zero attached hydrogens (tertiary/aromatic N) is 1. The minimum atomic E-state index is -0.301. The van der Waals surface area contributed by atoms with Crippen molar-refractivity contribution in [1.29, 1.82) is 0 Å². The molecule has 0 spiro atoms. The van der Waals surface area contributed by atoms with Crippen LogP contribution < -0.4 is 4.84 Å². The highest BCUT2D eigenvalue weighted by Gasteiger charge is 2.20. The predicted octanol–water partition coefficient (Wildman–Crippen LogP) is 4.76. The maximum Gasteiger partial charge on any atom is 0.333 e. The largest absolute Gasteiger partial charge is 0.335 e. The Kier molecular flexibility index (Phi) is 5.23. The molecule has 0 radical (unpaired) electrons. The van der Waals surface area contributed by atoms with Crippen molar-refractivity contribution in [2.24, 2.45) is 0 Å². The van der Waals surface area contributed by atoms with Gasteiger partial charge in [-0.3, -0.25) is 0 Å². The molecule has 0 aliphatic heterocycles. The van der Waals surface area contributed by atoms with Crippen LogP contribution in [0, 0.1) is 10.9 Å². The van der Waals surface area contributed by atoms with Crippen molar-refractivity contribution in [3.63, 3.8) is 0 Å². The molecule has 0 aliphatic rings. The normalized spacial score (nSPS) is 10.8. The molecule has 0 saturated heterocycles. The lowest BCUT2D eigenvalue weighted by atomic mass is 9.89. The summed E-state index contributed by atoms with van der Waals surface area (Å²) in [5.41, 5.74) is 3.01. The Balaban J connectivity index is 1.85. The van der Waals surface area contributed by atoms with Gasteiger partial charge >= 0.3 is 5.97 Å². The highest BCUT2D eigenvalue weighted by Crippen LogP contribution is 2.28. The molecule has 1 heterocycles. The van der Waals surface area contributed by atoms with Crippen molar-refractivity contribution in [3.05, 3.63) is 86.8 Å². The number of aromatic nitrogens is 1. The molecular weight excluding hydrogens is 338 g/mol. The number of hydrogen-bond donors (Lipinski definition) is 0. The highest BCUT2D eigenvalue weighted by molar-refractivity contribution is 7.73. The van der Waals surface area contributed by atoms with Crippen LogP contribution in [0.3, 0.4) is 0 Å². The van der Waals surface area contributed by atoms with Gasteiger partial charge in [-0.2, -0.15) is 4.73 Å². The van der Waals surface area contributed by atoms with E-state index in [1.165, 1.54) is 16.1 Å². The first-order valence-corrected chi connectivity index (χ1v) is 8.92. The van der Waals surface area contributed by atoms with Gasteiger partial charge in [-0.25, -0.2) is 4.79 Å². The summed E-state index contributed by atoms with van der Waals surface area (Å²) in [6.07, 6.45) is 0.255. The first-order chi connectivity index (χ1) is 11.6. The van der Waals surface area contributed by atoms with Gasteiger partial charge in [-0.15, -0.1) is 11.3 Å². The summed E-state index contributed by atoms with van der Waals surface area (Å²) in [4.78, 5) is 18.0. The van der Waals surface area contributed by atoms with Crippen molar-refractivity contribution >= 4 is 29.5 Å². The Morgan fingerprint density at radius 3 is 2.08 bits per heavy atom. The summed E-state index contributed by atoms with van der Waals surface area (Å²) >= 11 is 6.58. The van der Waals surface area contributed by atoms with Crippen LogP contribution in [0.5, 0.6) is 0 Å². The quantitative estimate of drug-likeness (QED) is 0.618. The molecule has 0 amide bonds.